The number of carbonyl (C=O) groups is 2. The van der Waals surface area contributed by atoms with Crippen LogP contribution in [0, 0.1) is 11.6 Å². The third-order valence-electron chi connectivity index (χ3n) is 4.34. The zero-order valence-electron chi connectivity index (χ0n) is 14.9. The van der Waals surface area contributed by atoms with Crippen molar-refractivity contribution in [3.8, 4) is 0 Å². The number of alkyl halides is 3. The third kappa shape index (κ3) is 4.46. The van der Waals surface area contributed by atoms with Crippen LogP contribution in [0.1, 0.15) is 28.7 Å². The number of fused-ring (bicyclic) bond motifs is 1. The lowest BCUT2D eigenvalue weighted by Gasteiger charge is -2.26. The number of carbonyl (C=O) groups excluding carboxylic acids is 2. The Morgan fingerprint density at radius 2 is 1.97 bits per heavy atom. The molecule has 1 aromatic carbocycles. The number of nitrogens with one attached hydrogen (secondary N) is 2. The Bertz CT molecular complexity index is 944. The SMILES string of the molecule is CC(NC(=O)c1noc2c1CN(C(=O)Nc1ccc(F)c(F)c1)CC2)C(F)(F)F. The van der Waals surface area contributed by atoms with Crippen molar-refractivity contribution in [2.75, 3.05) is 11.9 Å². The number of benzene rings is 1. The van der Waals surface area contributed by atoms with Crippen LogP contribution >= 0.6 is 0 Å². The maximum Gasteiger partial charge on any atom is 0.408 e. The number of aromatic nitrogens is 1. The largest absolute Gasteiger partial charge is 0.408 e. The van der Waals surface area contributed by atoms with E-state index in [-0.39, 0.29) is 42.2 Å². The van der Waals surface area contributed by atoms with E-state index in [0.717, 1.165) is 19.1 Å². The number of urea groups is 1. The first-order valence-electron chi connectivity index (χ1n) is 8.42. The molecule has 12 heteroatoms. The number of amides is 3. The molecule has 0 saturated carbocycles. The van der Waals surface area contributed by atoms with E-state index in [9.17, 15) is 31.5 Å². The summed E-state index contributed by atoms with van der Waals surface area (Å²) in [6.07, 6.45) is -4.45. The fraction of sp³-hybridized carbons (Fsp3) is 0.353. The van der Waals surface area contributed by atoms with Crippen LogP contribution in [-0.4, -0.2) is 40.8 Å². The number of halogens is 5. The first-order valence-corrected chi connectivity index (χ1v) is 8.42. The molecule has 29 heavy (non-hydrogen) atoms. The molecule has 1 aliphatic heterocycles. The van der Waals surface area contributed by atoms with Crippen molar-refractivity contribution >= 4 is 17.6 Å². The van der Waals surface area contributed by atoms with Crippen molar-refractivity contribution in [1.82, 2.24) is 15.4 Å². The van der Waals surface area contributed by atoms with Crippen LogP contribution in [0.3, 0.4) is 0 Å². The van der Waals surface area contributed by atoms with E-state index < -0.39 is 35.8 Å². The van der Waals surface area contributed by atoms with Crippen LogP contribution in [-0.2, 0) is 13.0 Å². The van der Waals surface area contributed by atoms with Crippen LogP contribution in [0.15, 0.2) is 22.7 Å². The number of hydrogen-bond acceptors (Lipinski definition) is 4. The molecule has 0 aliphatic carbocycles. The molecule has 0 spiro atoms. The normalized spacial score (nSPS) is 14.9. The Morgan fingerprint density at radius 3 is 2.62 bits per heavy atom. The van der Waals surface area contributed by atoms with Gasteiger partial charge < -0.3 is 20.1 Å². The molecule has 0 saturated heterocycles. The van der Waals surface area contributed by atoms with Gasteiger partial charge in [-0.05, 0) is 19.1 Å². The summed E-state index contributed by atoms with van der Waals surface area (Å²) >= 11 is 0. The summed E-state index contributed by atoms with van der Waals surface area (Å²) < 4.78 is 69.2. The summed E-state index contributed by atoms with van der Waals surface area (Å²) in [5.41, 5.74) is -0.146. The second kappa shape index (κ2) is 7.68. The van der Waals surface area contributed by atoms with Gasteiger partial charge in [0, 0.05) is 30.3 Å². The molecular weight excluding hydrogens is 403 g/mol. The van der Waals surface area contributed by atoms with Gasteiger partial charge in [-0.2, -0.15) is 13.2 Å². The van der Waals surface area contributed by atoms with E-state index in [1.165, 1.54) is 11.0 Å². The topological polar surface area (TPSA) is 87.5 Å². The van der Waals surface area contributed by atoms with Gasteiger partial charge in [-0.1, -0.05) is 5.16 Å². The van der Waals surface area contributed by atoms with Gasteiger partial charge in [0.1, 0.15) is 11.8 Å². The monoisotopic (exact) mass is 418 g/mol. The fourth-order valence-electron chi connectivity index (χ4n) is 2.68. The van der Waals surface area contributed by atoms with Gasteiger partial charge in [-0.15, -0.1) is 0 Å². The van der Waals surface area contributed by atoms with Gasteiger partial charge in [0.05, 0.1) is 6.54 Å². The summed E-state index contributed by atoms with van der Waals surface area (Å²) in [6.45, 7) is 0.793. The lowest BCUT2D eigenvalue weighted by Crippen LogP contribution is -2.44. The highest BCUT2D eigenvalue weighted by Crippen LogP contribution is 2.25. The lowest BCUT2D eigenvalue weighted by atomic mass is 10.1. The molecule has 3 amide bonds. The standard InChI is InChI=1S/C17H15F5N4O3/c1-8(17(20,21)22)23-15(27)14-10-7-26(5-4-13(10)29-25-14)16(28)24-9-2-3-11(18)12(19)6-9/h2-3,6,8H,4-5,7H2,1H3,(H,23,27)(H,24,28). The molecule has 1 aromatic heterocycles. The highest BCUT2D eigenvalue weighted by molar-refractivity contribution is 5.94. The van der Waals surface area contributed by atoms with E-state index in [2.05, 4.69) is 10.5 Å². The van der Waals surface area contributed by atoms with Crippen LogP contribution in [0.25, 0.3) is 0 Å². The van der Waals surface area contributed by atoms with Crippen molar-refractivity contribution in [3.05, 3.63) is 46.9 Å². The highest BCUT2D eigenvalue weighted by atomic mass is 19.4. The van der Waals surface area contributed by atoms with Gasteiger partial charge in [0.25, 0.3) is 5.91 Å². The Hall–Kier alpha value is -3.18. The van der Waals surface area contributed by atoms with Crippen LogP contribution < -0.4 is 10.6 Å². The average Bonchev–Trinajstić information content (AvgIpc) is 3.07. The van der Waals surface area contributed by atoms with Gasteiger partial charge >= 0.3 is 12.2 Å². The van der Waals surface area contributed by atoms with E-state index in [1.807, 2.05) is 0 Å². The molecule has 7 nitrogen and oxygen atoms in total. The summed E-state index contributed by atoms with van der Waals surface area (Å²) in [4.78, 5) is 25.8. The second-order valence-electron chi connectivity index (χ2n) is 6.40. The number of nitrogens with zero attached hydrogens (tertiary/aromatic N) is 2. The van der Waals surface area contributed by atoms with Gasteiger partial charge in [0.15, 0.2) is 17.3 Å². The van der Waals surface area contributed by atoms with Crippen LogP contribution in [0.5, 0.6) is 0 Å². The minimum Gasteiger partial charge on any atom is -0.360 e. The average molecular weight is 418 g/mol. The van der Waals surface area contributed by atoms with Crippen LogP contribution in [0.4, 0.5) is 32.4 Å². The summed E-state index contributed by atoms with van der Waals surface area (Å²) in [5, 5.41) is 7.70. The van der Waals surface area contributed by atoms with E-state index in [1.54, 1.807) is 5.32 Å². The van der Waals surface area contributed by atoms with Crippen molar-refractivity contribution in [2.45, 2.75) is 32.1 Å². The lowest BCUT2D eigenvalue weighted by molar-refractivity contribution is -0.149. The molecule has 2 heterocycles. The minimum absolute atomic E-state index is 0.0157. The number of rotatable bonds is 3. The molecule has 2 N–H and O–H groups in total. The minimum atomic E-state index is -4.63. The van der Waals surface area contributed by atoms with Gasteiger partial charge in [-0.3, -0.25) is 4.79 Å². The molecule has 0 radical (unpaired) electrons. The molecular formula is C17H15F5N4O3. The predicted molar refractivity (Wildman–Crippen MR) is 89.0 cm³/mol. The Labute approximate surface area is 160 Å². The predicted octanol–water partition coefficient (Wildman–Crippen LogP) is 3.22. The molecule has 1 atom stereocenters. The van der Waals surface area contributed by atoms with Crippen molar-refractivity contribution < 1.29 is 36.1 Å². The summed E-state index contributed by atoms with van der Waals surface area (Å²) in [6, 6.07) is 0.0578. The maximum absolute atomic E-state index is 13.3. The zero-order valence-corrected chi connectivity index (χ0v) is 14.9. The number of anilines is 1. The van der Waals surface area contributed by atoms with Gasteiger partial charge in [0.2, 0.25) is 0 Å². The molecule has 3 rings (SSSR count). The van der Waals surface area contributed by atoms with E-state index in [0.29, 0.717) is 0 Å². The summed E-state index contributed by atoms with van der Waals surface area (Å²) in [5.74, 6) is -3.01. The molecule has 0 fully saturated rings. The van der Waals surface area contributed by atoms with E-state index in [4.69, 9.17) is 4.52 Å². The zero-order chi connectivity index (χ0) is 21.3. The molecule has 1 aliphatic rings. The third-order valence-corrected chi connectivity index (χ3v) is 4.34. The van der Waals surface area contributed by atoms with Crippen molar-refractivity contribution in [2.24, 2.45) is 0 Å². The second-order valence-corrected chi connectivity index (χ2v) is 6.40. The Kier molecular flexibility index (Phi) is 5.44. The quantitative estimate of drug-likeness (QED) is 0.750. The Morgan fingerprint density at radius 1 is 1.24 bits per heavy atom. The summed E-state index contributed by atoms with van der Waals surface area (Å²) in [7, 11) is 0. The van der Waals surface area contributed by atoms with Gasteiger partial charge in [-0.25, -0.2) is 13.6 Å². The first kappa shape index (κ1) is 20.6. The van der Waals surface area contributed by atoms with Crippen molar-refractivity contribution in [3.63, 3.8) is 0 Å². The Balaban J connectivity index is 1.71. The number of hydrogen-bond donors (Lipinski definition) is 2. The van der Waals surface area contributed by atoms with Crippen molar-refractivity contribution in [1.29, 1.82) is 0 Å². The molecule has 2 aromatic rings. The molecule has 1 unspecified atom stereocenters. The molecule has 0 bridgehead atoms. The highest BCUT2D eigenvalue weighted by Gasteiger charge is 2.38. The van der Waals surface area contributed by atoms with Crippen LogP contribution in [0.2, 0.25) is 0 Å². The maximum atomic E-state index is 13.3. The first-order chi connectivity index (χ1) is 13.6. The fourth-order valence-corrected chi connectivity index (χ4v) is 2.68. The van der Waals surface area contributed by atoms with E-state index >= 15 is 0 Å². The smallest absolute Gasteiger partial charge is 0.360 e. The molecule has 156 valence electrons.